The number of rotatable bonds is 2. The normalized spacial score (nSPS) is 9.80. The minimum absolute atomic E-state index is 0.735. The molecule has 0 aliphatic heterocycles. The first kappa shape index (κ1) is 7.97. The Bertz CT molecular complexity index is 213. The number of nitrogens with two attached hydrogens (primary N) is 1. The van der Waals surface area contributed by atoms with Crippen LogP contribution in [-0.4, -0.2) is 0 Å². The third-order valence-corrected chi connectivity index (χ3v) is 2.30. The summed E-state index contributed by atoms with van der Waals surface area (Å²) in [5.41, 5.74) is 3.86. The fraction of sp³-hybridized carbons (Fsp3) is 0.143. The van der Waals surface area contributed by atoms with Crippen LogP contribution in [0.2, 0.25) is 0 Å². The Kier molecular flexibility index (Phi) is 3.11. The maximum Gasteiger partial charge on any atom is 0.0359 e. The molecule has 0 aliphatic carbocycles. The molecule has 0 bridgehead atoms. The van der Waals surface area contributed by atoms with Crippen LogP contribution in [0.3, 0.4) is 0 Å². The van der Waals surface area contributed by atoms with Crippen molar-refractivity contribution in [2.75, 3.05) is 0 Å². The third kappa shape index (κ3) is 1.93. The molecular formula is C7H9IN2. The first-order valence-electron chi connectivity index (χ1n) is 3.01. The molecule has 0 aliphatic rings. The fourth-order valence-corrected chi connectivity index (χ4v) is 1.33. The van der Waals surface area contributed by atoms with Gasteiger partial charge in [-0.3, -0.25) is 11.3 Å². The van der Waals surface area contributed by atoms with Gasteiger partial charge in [0.25, 0.3) is 0 Å². The topological polar surface area (TPSA) is 38.0 Å². The molecular weight excluding hydrogens is 239 g/mol. The largest absolute Gasteiger partial charge is 0.271 e. The zero-order valence-electron chi connectivity index (χ0n) is 5.47. The Morgan fingerprint density at radius 3 is 2.70 bits per heavy atom. The zero-order valence-corrected chi connectivity index (χ0v) is 7.63. The van der Waals surface area contributed by atoms with Crippen LogP contribution >= 0.6 is 22.6 Å². The van der Waals surface area contributed by atoms with E-state index in [4.69, 9.17) is 5.84 Å². The predicted molar refractivity (Wildman–Crippen MR) is 50.2 cm³/mol. The Hall–Kier alpha value is -0.130. The van der Waals surface area contributed by atoms with Gasteiger partial charge in [-0.1, -0.05) is 18.2 Å². The molecule has 0 unspecified atom stereocenters. The summed E-state index contributed by atoms with van der Waals surface area (Å²) in [6.45, 7) is 0.735. The summed E-state index contributed by atoms with van der Waals surface area (Å²) in [6.07, 6.45) is 0. The molecule has 0 amide bonds. The number of hydrogen-bond donors (Lipinski definition) is 2. The molecule has 0 aromatic heterocycles. The van der Waals surface area contributed by atoms with Gasteiger partial charge in [0.2, 0.25) is 0 Å². The second kappa shape index (κ2) is 3.90. The summed E-state index contributed by atoms with van der Waals surface area (Å²) in [7, 11) is 0. The molecule has 0 spiro atoms. The van der Waals surface area contributed by atoms with Crippen LogP contribution in [0.4, 0.5) is 0 Å². The van der Waals surface area contributed by atoms with Crippen molar-refractivity contribution in [1.29, 1.82) is 0 Å². The van der Waals surface area contributed by atoms with E-state index in [9.17, 15) is 0 Å². The Balaban J connectivity index is 2.81. The highest BCUT2D eigenvalue weighted by Crippen LogP contribution is 2.09. The van der Waals surface area contributed by atoms with Gasteiger partial charge in [-0.25, -0.2) is 0 Å². The lowest BCUT2D eigenvalue weighted by Gasteiger charge is -2.00. The maximum absolute atomic E-state index is 5.18. The van der Waals surface area contributed by atoms with E-state index < -0.39 is 0 Å². The molecule has 0 heterocycles. The van der Waals surface area contributed by atoms with E-state index in [1.807, 2.05) is 12.1 Å². The van der Waals surface area contributed by atoms with E-state index in [0.29, 0.717) is 0 Å². The van der Waals surface area contributed by atoms with Crippen molar-refractivity contribution < 1.29 is 0 Å². The number of nitrogens with one attached hydrogen (secondary N) is 1. The highest BCUT2D eigenvalue weighted by atomic mass is 127. The molecule has 10 heavy (non-hydrogen) atoms. The van der Waals surface area contributed by atoms with E-state index in [2.05, 4.69) is 40.1 Å². The van der Waals surface area contributed by atoms with Gasteiger partial charge in [-0.05, 0) is 34.2 Å². The van der Waals surface area contributed by atoms with Gasteiger partial charge in [0.05, 0.1) is 0 Å². The first-order chi connectivity index (χ1) is 4.84. The molecule has 0 radical (unpaired) electrons. The summed E-state index contributed by atoms with van der Waals surface area (Å²) in [4.78, 5) is 0. The number of hydrazine groups is 1. The van der Waals surface area contributed by atoms with Gasteiger partial charge in [-0.15, -0.1) is 0 Å². The van der Waals surface area contributed by atoms with Gasteiger partial charge >= 0.3 is 0 Å². The summed E-state index contributed by atoms with van der Waals surface area (Å²) in [6, 6.07) is 8.14. The molecule has 2 nitrogen and oxygen atoms in total. The van der Waals surface area contributed by atoms with Crippen LogP contribution < -0.4 is 11.3 Å². The SMILES string of the molecule is NNCc1ccccc1I. The van der Waals surface area contributed by atoms with E-state index in [0.717, 1.165) is 6.54 Å². The van der Waals surface area contributed by atoms with Crippen LogP contribution in [0, 0.1) is 3.57 Å². The van der Waals surface area contributed by atoms with Crippen molar-refractivity contribution in [3.63, 3.8) is 0 Å². The molecule has 1 aromatic carbocycles. The second-order valence-electron chi connectivity index (χ2n) is 1.97. The average molecular weight is 248 g/mol. The quantitative estimate of drug-likeness (QED) is 0.469. The number of halogens is 1. The molecule has 0 saturated heterocycles. The van der Waals surface area contributed by atoms with Gasteiger partial charge in [0, 0.05) is 10.1 Å². The molecule has 3 N–H and O–H groups in total. The smallest absolute Gasteiger partial charge is 0.0359 e. The highest BCUT2D eigenvalue weighted by molar-refractivity contribution is 14.1. The number of hydrogen-bond acceptors (Lipinski definition) is 2. The summed E-state index contributed by atoms with van der Waals surface area (Å²) < 4.78 is 1.25. The third-order valence-electron chi connectivity index (χ3n) is 1.25. The van der Waals surface area contributed by atoms with Gasteiger partial charge in [-0.2, -0.15) is 0 Å². The predicted octanol–water partition coefficient (Wildman–Crippen LogP) is 1.25. The van der Waals surface area contributed by atoms with E-state index >= 15 is 0 Å². The standard InChI is InChI=1S/C7H9IN2/c8-7-4-2-1-3-6(7)5-10-9/h1-4,10H,5,9H2. The summed E-state index contributed by atoms with van der Waals surface area (Å²) in [5, 5.41) is 0. The van der Waals surface area contributed by atoms with Gasteiger partial charge in [0.1, 0.15) is 0 Å². The van der Waals surface area contributed by atoms with E-state index in [1.165, 1.54) is 9.13 Å². The summed E-state index contributed by atoms with van der Waals surface area (Å²) >= 11 is 2.29. The van der Waals surface area contributed by atoms with Crippen LogP contribution in [0.1, 0.15) is 5.56 Å². The minimum atomic E-state index is 0.735. The number of benzene rings is 1. The average Bonchev–Trinajstić information content (AvgIpc) is 1.94. The lowest BCUT2D eigenvalue weighted by atomic mass is 10.2. The van der Waals surface area contributed by atoms with Gasteiger partial charge < -0.3 is 0 Å². The lowest BCUT2D eigenvalue weighted by molar-refractivity contribution is 0.739. The van der Waals surface area contributed by atoms with Crippen molar-refractivity contribution in [3.05, 3.63) is 33.4 Å². The molecule has 0 saturated carbocycles. The molecule has 0 atom stereocenters. The van der Waals surface area contributed by atoms with Crippen molar-refractivity contribution >= 4 is 22.6 Å². The van der Waals surface area contributed by atoms with Crippen LogP contribution in [-0.2, 0) is 6.54 Å². The zero-order chi connectivity index (χ0) is 7.40. The van der Waals surface area contributed by atoms with E-state index in [-0.39, 0.29) is 0 Å². The van der Waals surface area contributed by atoms with Crippen molar-refractivity contribution in [1.82, 2.24) is 5.43 Å². The molecule has 54 valence electrons. The fourth-order valence-electron chi connectivity index (χ4n) is 0.752. The van der Waals surface area contributed by atoms with E-state index in [1.54, 1.807) is 0 Å². The minimum Gasteiger partial charge on any atom is -0.271 e. The van der Waals surface area contributed by atoms with Gasteiger partial charge in [0.15, 0.2) is 0 Å². The Morgan fingerprint density at radius 2 is 2.10 bits per heavy atom. The molecule has 1 aromatic rings. The Morgan fingerprint density at radius 1 is 1.40 bits per heavy atom. The van der Waals surface area contributed by atoms with Crippen molar-refractivity contribution in [2.45, 2.75) is 6.54 Å². The maximum atomic E-state index is 5.18. The lowest BCUT2D eigenvalue weighted by Crippen LogP contribution is -2.21. The van der Waals surface area contributed by atoms with Crippen LogP contribution in [0.15, 0.2) is 24.3 Å². The van der Waals surface area contributed by atoms with Crippen LogP contribution in [0.5, 0.6) is 0 Å². The Labute approximate surface area is 73.9 Å². The van der Waals surface area contributed by atoms with Crippen LogP contribution in [0.25, 0.3) is 0 Å². The monoisotopic (exact) mass is 248 g/mol. The highest BCUT2D eigenvalue weighted by Gasteiger charge is 1.93. The molecule has 3 heteroatoms. The summed E-state index contributed by atoms with van der Waals surface area (Å²) in [5.74, 6) is 5.18. The molecule has 0 fully saturated rings. The second-order valence-corrected chi connectivity index (χ2v) is 3.13. The van der Waals surface area contributed by atoms with Crippen molar-refractivity contribution in [2.24, 2.45) is 5.84 Å². The first-order valence-corrected chi connectivity index (χ1v) is 4.09. The molecule has 1 rings (SSSR count). The van der Waals surface area contributed by atoms with Crippen molar-refractivity contribution in [3.8, 4) is 0 Å².